The lowest BCUT2D eigenvalue weighted by Gasteiger charge is -2.56. The zero-order valence-corrected chi connectivity index (χ0v) is 13.1. The Hall–Kier alpha value is -1.10. The molecule has 0 unspecified atom stereocenters. The van der Waals surface area contributed by atoms with Crippen molar-refractivity contribution in [3.05, 3.63) is 11.1 Å². The van der Waals surface area contributed by atoms with Crippen LogP contribution in [0.25, 0.3) is 0 Å². The number of hydrogen-bond donors (Lipinski definition) is 2. The Labute approximate surface area is 129 Å². The molecule has 0 atom stereocenters. The van der Waals surface area contributed by atoms with E-state index in [1.807, 2.05) is 5.38 Å². The van der Waals surface area contributed by atoms with Crippen molar-refractivity contribution < 1.29 is 4.79 Å². The van der Waals surface area contributed by atoms with Gasteiger partial charge in [-0.05, 0) is 61.7 Å². The monoisotopic (exact) mass is 305 g/mol. The van der Waals surface area contributed by atoms with E-state index < -0.39 is 0 Å². The smallest absolute Gasteiger partial charge is 0.226 e. The molecule has 21 heavy (non-hydrogen) atoms. The molecule has 4 aliphatic rings. The zero-order valence-electron chi connectivity index (χ0n) is 12.3. The molecule has 4 saturated carbocycles. The van der Waals surface area contributed by atoms with Gasteiger partial charge in [0.1, 0.15) is 0 Å². The minimum absolute atomic E-state index is 0.0936. The number of carbonyl (C=O) groups is 1. The van der Waals surface area contributed by atoms with Gasteiger partial charge in [-0.2, -0.15) is 0 Å². The fraction of sp³-hybridized carbons (Fsp3) is 0.750. The lowest BCUT2D eigenvalue weighted by molar-refractivity contribution is -0.122. The van der Waals surface area contributed by atoms with Crippen LogP contribution in [0.15, 0.2) is 5.38 Å². The lowest BCUT2D eigenvalue weighted by atomic mass is 9.49. The van der Waals surface area contributed by atoms with Gasteiger partial charge in [-0.3, -0.25) is 4.79 Å². The highest BCUT2D eigenvalue weighted by molar-refractivity contribution is 7.13. The summed E-state index contributed by atoms with van der Waals surface area (Å²) in [5, 5.41) is 5.60. The predicted octanol–water partition coefficient (Wildman–Crippen LogP) is 2.60. The number of carbonyl (C=O) groups excluding carboxylic acids is 1. The van der Waals surface area contributed by atoms with Crippen molar-refractivity contribution in [3.63, 3.8) is 0 Å². The maximum absolute atomic E-state index is 12.1. The van der Waals surface area contributed by atoms with Crippen molar-refractivity contribution in [2.24, 2.45) is 23.2 Å². The molecule has 1 amide bonds. The van der Waals surface area contributed by atoms with Gasteiger partial charge in [0, 0.05) is 11.9 Å². The highest BCUT2D eigenvalue weighted by atomic mass is 32.1. The normalized spacial score (nSPS) is 36.9. The molecule has 0 saturated heterocycles. The van der Waals surface area contributed by atoms with Crippen LogP contribution >= 0.6 is 11.3 Å². The van der Waals surface area contributed by atoms with Crippen molar-refractivity contribution >= 4 is 22.4 Å². The Morgan fingerprint density at radius 3 is 2.43 bits per heavy atom. The fourth-order valence-electron chi connectivity index (χ4n) is 5.42. The second kappa shape index (κ2) is 4.97. The van der Waals surface area contributed by atoms with Gasteiger partial charge in [-0.1, -0.05) is 0 Å². The molecule has 1 heterocycles. The molecule has 0 aliphatic heterocycles. The van der Waals surface area contributed by atoms with Crippen molar-refractivity contribution in [3.8, 4) is 0 Å². The summed E-state index contributed by atoms with van der Waals surface area (Å²) in [4.78, 5) is 16.3. The summed E-state index contributed by atoms with van der Waals surface area (Å²) in [6.45, 7) is 0.870. The number of nitrogens with two attached hydrogens (primary N) is 1. The predicted molar refractivity (Wildman–Crippen MR) is 83.8 cm³/mol. The van der Waals surface area contributed by atoms with Gasteiger partial charge < -0.3 is 11.1 Å². The van der Waals surface area contributed by atoms with Crippen LogP contribution in [-0.4, -0.2) is 17.4 Å². The number of rotatable bonds is 4. The van der Waals surface area contributed by atoms with E-state index >= 15 is 0 Å². The van der Waals surface area contributed by atoms with Gasteiger partial charge in [-0.15, -0.1) is 11.3 Å². The van der Waals surface area contributed by atoms with Gasteiger partial charge in [0.2, 0.25) is 5.91 Å². The van der Waals surface area contributed by atoms with Gasteiger partial charge in [0.05, 0.1) is 12.1 Å². The van der Waals surface area contributed by atoms with Crippen LogP contribution in [0.5, 0.6) is 0 Å². The Morgan fingerprint density at radius 2 is 1.90 bits per heavy atom. The summed E-state index contributed by atoms with van der Waals surface area (Å²) < 4.78 is 0. The van der Waals surface area contributed by atoms with E-state index in [2.05, 4.69) is 10.3 Å². The first-order valence-corrected chi connectivity index (χ1v) is 8.95. The Balaban J connectivity index is 1.35. The number of anilines is 1. The van der Waals surface area contributed by atoms with Gasteiger partial charge in [0.25, 0.3) is 0 Å². The van der Waals surface area contributed by atoms with Gasteiger partial charge in [-0.25, -0.2) is 4.98 Å². The maximum atomic E-state index is 12.1. The summed E-state index contributed by atoms with van der Waals surface area (Å²) >= 11 is 1.40. The van der Waals surface area contributed by atoms with Crippen molar-refractivity contribution in [2.75, 3.05) is 12.3 Å². The summed E-state index contributed by atoms with van der Waals surface area (Å²) in [7, 11) is 0. The molecule has 1 aromatic heterocycles. The Kier molecular flexibility index (Phi) is 3.21. The van der Waals surface area contributed by atoms with Gasteiger partial charge >= 0.3 is 0 Å². The van der Waals surface area contributed by atoms with E-state index in [4.69, 9.17) is 5.73 Å². The van der Waals surface area contributed by atoms with E-state index in [0.29, 0.717) is 17.0 Å². The van der Waals surface area contributed by atoms with Crippen LogP contribution in [0.2, 0.25) is 0 Å². The first-order valence-electron chi connectivity index (χ1n) is 8.07. The topological polar surface area (TPSA) is 68.0 Å². The molecule has 4 aliphatic carbocycles. The quantitative estimate of drug-likeness (QED) is 0.898. The summed E-state index contributed by atoms with van der Waals surface area (Å²) in [5.41, 5.74) is 6.81. The molecule has 0 aromatic carbocycles. The average molecular weight is 305 g/mol. The van der Waals surface area contributed by atoms with E-state index in [0.717, 1.165) is 30.0 Å². The molecule has 5 heteroatoms. The molecule has 114 valence electrons. The minimum Gasteiger partial charge on any atom is -0.375 e. The van der Waals surface area contributed by atoms with E-state index in [1.54, 1.807) is 0 Å². The van der Waals surface area contributed by atoms with Crippen LogP contribution in [0.1, 0.15) is 44.2 Å². The SMILES string of the molecule is Nc1nc(CC(=O)NCC23CC4CC(CC(C4)C2)C3)cs1. The van der Waals surface area contributed by atoms with Crippen LogP contribution in [0.3, 0.4) is 0 Å². The molecule has 4 nitrogen and oxygen atoms in total. The second-order valence-corrected chi connectivity index (χ2v) is 8.44. The molecule has 5 rings (SSSR count). The number of amides is 1. The van der Waals surface area contributed by atoms with Crippen LogP contribution in [0, 0.1) is 23.2 Å². The van der Waals surface area contributed by atoms with Crippen LogP contribution < -0.4 is 11.1 Å². The average Bonchev–Trinajstić information content (AvgIpc) is 2.80. The number of nitrogens with zero attached hydrogens (tertiary/aromatic N) is 1. The second-order valence-electron chi connectivity index (χ2n) is 7.55. The number of nitrogen functional groups attached to an aromatic ring is 1. The molecule has 4 bridgehead atoms. The highest BCUT2D eigenvalue weighted by Gasteiger charge is 2.50. The van der Waals surface area contributed by atoms with Crippen LogP contribution in [-0.2, 0) is 11.2 Å². The maximum Gasteiger partial charge on any atom is 0.226 e. The van der Waals surface area contributed by atoms with Gasteiger partial charge in [0.15, 0.2) is 5.13 Å². The Bertz CT molecular complexity index is 518. The molecule has 3 N–H and O–H groups in total. The van der Waals surface area contributed by atoms with Crippen LogP contribution in [0.4, 0.5) is 5.13 Å². The number of hydrogen-bond acceptors (Lipinski definition) is 4. The third-order valence-electron chi connectivity index (χ3n) is 5.74. The number of nitrogens with one attached hydrogen (secondary N) is 1. The summed E-state index contributed by atoms with van der Waals surface area (Å²) in [5.74, 6) is 2.90. The third kappa shape index (κ3) is 2.68. The number of aromatic nitrogens is 1. The van der Waals surface area contributed by atoms with Crippen molar-refractivity contribution in [2.45, 2.75) is 44.9 Å². The molecule has 0 radical (unpaired) electrons. The highest BCUT2D eigenvalue weighted by Crippen LogP contribution is 2.59. The molecule has 0 spiro atoms. The van der Waals surface area contributed by atoms with Crippen molar-refractivity contribution in [1.29, 1.82) is 0 Å². The minimum atomic E-state index is 0.0936. The largest absolute Gasteiger partial charge is 0.375 e. The zero-order chi connectivity index (χ0) is 14.4. The number of thiazole rings is 1. The molecule has 1 aromatic rings. The molecule has 4 fully saturated rings. The van der Waals surface area contributed by atoms with E-state index in [-0.39, 0.29) is 5.91 Å². The molecular formula is C16H23N3OS. The molecular weight excluding hydrogens is 282 g/mol. The summed E-state index contributed by atoms with van der Waals surface area (Å²) in [6, 6.07) is 0. The first-order chi connectivity index (χ1) is 10.1. The lowest BCUT2D eigenvalue weighted by Crippen LogP contribution is -2.51. The Morgan fingerprint density at radius 1 is 1.29 bits per heavy atom. The third-order valence-corrected chi connectivity index (χ3v) is 6.46. The van der Waals surface area contributed by atoms with E-state index in [1.165, 1.54) is 49.9 Å². The van der Waals surface area contributed by atoms with E-state index in [9.17, 15) is 4.79 Å². The standard InChI is InChI=1S/C16H23N3OS/c17-15-19-13(8-21-15)4-14(20)18-9-16-5-10-1-11(6-16)3-12(2-10)7-16/h8,10-12H,1-7,9H2,(H2,17,19)(H,18,20). The summed E-state index contributed by atoms with van der Waals surface area (Å²) in [6.07, 6.45) is 8.72. The van der Waals surface area contributed by atoms with Crippen molar-refractivity contribution in [1.82, 2.24) is 10.3 Å². The fourth-order valence-corrected chi connectivity index (χ4v) is 5.99. The first kappa shape index (κ1) is 13.6.